The second-order valence-electron chi connectivity index (χ2n) is 5.44. The number of alkyl halides is 2. The number of carbonyl (C=O) groups excluding carboxylic acids is 1. The topological polar surface area (TPSA) is 133 Å². The van der Waals surface area contributed by atoms with E-state index in [0.29, 0.717) is 0 Å². The molecule has 0 aliphatic heterocycles. The van der Waals surface area contributed by atoms with Crippen molar-refractivity contribution in [1.29, 1.82) is 0 Å². The average molecular weight is 404 g/mol. The minimum atomic E-state index is -2.93. The van der Waals surface area contributed by atoms with Crippen molar-refractivity contribution in [2.75, 3.05) is 5.32 Å². The molecule has 1 amide bonds. The van der Waals surface area contributed by atoms with Gasteiger partial charge in [0, 0.05) is 12.1 Å². The van der Waals surface area contributed by atoms with Gasteiger partial charge in [-0.25, -0.2) is 8.78 Å². The Labute approximate surface area is 155 Å². The monoisotopic (exact) mass is 403 g/mol. The van der Waals surface area contributed by atoms with Crippen LogP contribution in [0, 0.1) is 34.1 Å². The van der Waals surface area contributed by atoms with Crippen LogP contribution in [0.5, 0.6) is 0 Å². The number of hydrogen-bond acceptors (Lipinski definition) is 6. The van der Waals surface area contributed by atoms with Crippen LogP contribution in [-0.2, 0) is 11.3 Å². The van der Waals surface area contributed by atoms with Crippen molar-refractivity contribution in [2.45, 2.75) is 26.8 Å². The van der Waals surface area contributed by atoms with E-state index >= 15 is 0 Å². The number of carbonyl (C=O) groups is 1. The number of hydrogen-bond donors (Lipinski definition) is 1. The summed E-state index contributed by atoms with van der Waals surface area (Å²) in [4.78, 5) is 32.6. The zero-order valence-electron chi connectivity index (χ0n) is 13.9. The lowest BCUT2D eigenvalue weighted by Crippen LogP contribution is -2.20. The minimum Gasteiger partial charge on any atom is -0.324 e. The van der Waals surface area contributed by atoms with Crippen LogP contribution >= 0.6 is 11.6 Å². The molecule has 1 aromatic carbocycles. The maximum absolute atomic E-state index is 12.8. The van der Waals surface area contributed by atoms with Crippen LogP contribution in [0.1, 0.15) is 23.4 Å². The number of benzene rings is 1. The van der Waals surface area contributed by atoms with E-state index in [1.165, 1.54) is 13.8 Å². The van der Waals surface area contributed by atoms with Gasteiger partial charge in [-0.3, -0.25) is 29.7 Å². The molecule has 0 aliphatic carbocycles. The van der Waals surface area contributed by atoms with Gasteiger partial charge in [0.25, 0.3) is 17.8 Å². The Morgan fingerprint density at radius 2 is 1.78 bits per heavy atom. The second-order valence-corrected chi connectivity index (χ2v) is 5.82. The lowest BCUT2D eigenvalue weighted by atomic mass is 10.1. The van der Waals surface area contributed by atoms with Crippen LogP contribution in [-0.4, -0.2) is 25.5 Å². The van der Waals surface area contributed by atoms with Gasteiger partial charge in [-0.1, -0.05) is 11.6 Å². The number of nitro groups is 2. The van der Waals surface area contributed by atoms with Crippen LogP contribution in [0.2, 0.25) is 5.02 Å². The highest BCUT2D eigenvalue weighted by atomic mass is 35.5. The molecule has 0 saturated carbocycles. The smallest absolute Gasteiger partial charge is 0.283 e. The van der Waals surface area contributed by atoms with Crippen molar-refractivity contribution >= 4 is 34.6 Å². The van der Waals surface area contributed by atoms with Crippen LogP contribution < -0.4 is 5.32 Å². The third-order valence-electron chi connectivity index (χ3n) is 3.69. The van der Waals surface area contributed by atoms with Gasteiger partial charge in [-0.2, -0.15) is 5.10 Å². The maximum atomic E-state index is 12.8. The number of nitro benzene ring substituents is 2. The zero-order valence-corrected chi connectivity index (χ0v) is 14.7. The van der Waals surface area contributed by atoms with E-state index in [2.05, 4.69) is 10.4 Å². The molecule has 1 aromatic heterocycles. The van der Waals surface area contributed by atoms with Gasteiger partial charge >= 0.3 is 0 Å². The molecule has 27 heavy (non-hydrogen) atoms. The minimum absolute atomic E-state index is 0.128. The highest BCUT2D eigenvalue weighted by Crippen LogP contribution is 2.32. The Morgan fingerprint density at radius 1 is 1.26 bits per heavy atom. The third kappa shape index (κ3) is 4.16. The third-order valence-corrected chi connectivity index (χ3v) is 4.16. The van der Waals surface area contributed by atoms with Crippen LogP contribution in [0.4, 0.5) is 25.8 Å². The highest BCUT2D eigenvalue weighted by Gasteiger charge is 2.25. The summed E-state index contributed by atoms with van der Waals surface area (Å²) in [6.07, 6.45) is -2.93. The molecule has 0 bridgehead atoms. The first kappa shape index (κ1) is 20.2. The fourth-order valence-electron chi connectivity index (χ4n) is 2.31. The van der Waals surface area contributed by atoms with Gasteiger partial charge in [-0.15, -0.1) is 0 Å². The summed E-state index contributed by atoms with van der Waals surface area (Å²) in [7, 11) is 0. The first-order chi connectivity index (χ1) is 12.5. The molecule has 0 unspecified atom stereocenters. The molecule has 13 heteroatoms. The lowest BCUT2D eigenvalue weighted by Gasteiger charge is -2.08. The number of halogens is 3. The Kier molecular flexibility index (Phi) is 5.69. The first-order valence-electron chi connectivity index (χ1n) is 7.27. The largest absolute Gasteiger partial charge is 0.324 e. The fraction of sp³-hybridized carbons (Fsp3) is 0.286. The van der Waals surface area contributed by atoms with Crippen molar-refractivity contribution in [2.24, 2.45) is 0 Å². The summed E-state index contributed by atoms with van der Waals surface area (Å²) >= 11 is 5.74. The van der Waals surface area contributed by atoms with Gasteiger partial charge in [0.15, 0.2) is 0 Å². The number of rotatable bonds is 6. The van der Waals surface area contributed by atoms with Crippen molar-refractivity contribution in [3.05, 3.63) is 54.3 Å². The molecule has 2 aromatic rings. The predicted octanol–water partition coefficient (Wildman–Crippen LogP) is 3.55. The van der Waals surface area contributed by atoms with E-state index in [0.717, 1.165) is 16.8 Å². The predicted molar refractivity (Wildman–Crippen MR) is 90.0 cm³/mol. The number of amides is 1. The fourth-order valence-corrected chi connectivity index (χ4v) is 2.53. The van der Waals surface area contributed by atoms with E-state index in [-0.39, 0.29) is 22.0 Å². The summed E-state index contributed by atoms with van der Waals surface area (Å²) in [6.45, 7) is 2.08. The Morgan fingerprint density at radius 3 is 2.19 bits per heavy atom. The molecular formula is C14H12ClF2N5O5. The number of nitrogens with zero attached hydrogens (tertiary/aromatic N) is 4. The standard InChI is InChI=1S/C14H12ClF2N5O5/c1-6-9(21(24)25)3-8(4-10(6)22(26)27)18-11(23)5-20-7(2)12(15)13(19-20)14(16)17/h3-4,14H,5H2,1-2H3,(H,18,23). The highest BCUT2D eigenvalue weighted by molar-refractivity contribution is 6.31. The number of nitrogens with one attached hydrogen (secondary N) is 1. The van der Waals surface area contributed by atoms with Crippen molar-refractivity contribution < 1.29 is 23.4 Å². The van der Waals surface area contributed by atoms with Crippen LogP contribution in [0.15, 0.2) is 12.1 Å². The van der Waals surface area contributed by atoms with Gasteiger partial charge in [0.1, 0.15) is 17.8 Å². The molecule has 2 rings (SSSR count). The average Bonchev–Trinajstić information content (AvgIpc) is 2.84. The van der Waals surface area contributed by atoms with Crippen molar-refractivity contribution in [1.82, 2.24) is 9.78 Å². The quantitative estimate of drug-likeness (QED) is 0.579. The van der Waals surface area contributed by atoms with Gasteiger partial charge in [0.05, 0.1) is 26.3 Å². The summed E-state index contributed by atoms with van der Waals surface area (Å²) in [5, 5.41) is 27.6. The van der Waals surface area contributed by atoms with E-state index in [4.69, 9.17) is 11.6 Å². The Balaban J connectivity index is 2.30. The molecule has 0 radical (unpaired) electrons. The van der Waals surface area contributed by atoms with E-state index in [1.807, 2.05) is 0 Å². The summed E-state index contributed by atoms with van der Waals surface area (Å²) in [5.74, 6) is -0.787. The van der Waals surface area contributed by atoms with Crippen molar-refractivity contribution in [3.8, 4) is 0 Å². The van der Waals surface area contributed by atoms with Gasteiger partial charge in [0.2, 0.25) is 5.91 Å². The molecule has 0 saturated heterocycles. The van der Waals surface area contributed by atoms with E-state index < -0.39 is 45.8 Å². The first-order valence-corrected chi connectivity index (χ1v) is 7.65. The maximum Gasteiger partial charge on any atom is 0.283 e. The second kappa shape index (κ2) is 7.61. The number of anilines is 1. The molecule has 0 spiro atoms. The SMILES string of the molecule is Cc1c([N+](=O)[O-])cc(NC(=O)Cn2nc(C(F)F)c(Cl)c2C)cc1[N+](=O)[O-]. The summed E-state index contributed by atoms with van der Waals surface area (Å²) in [5.41, 5.74) is -1.99. The van der Waals surface area contributed by atoms with Gasteiger partial charge < -0.3 is 5.32 Å². The Hall–Kier alpha value is -3.15. The molecule has 10 nitrogen and oxygen atoms in total. The zero-order chi connectivity index (χ0) is 20.5. The molecule has 0 fully saturated rings. The van der Waals surface area contributed by atoms with E-state index in [1.54, 1.807) is 0 Å². The molecule has 0 atom stereocenters. The lowest BCUT2D eigenvalue weighted by molar-refractivity contribution is -0.395. The van der Waals surface area contributed by atoms with E-state index in [9.17, 15) is 33.8 Å². The summed E-state index contributed by atoms with van der Waals surface area (Å²) < 4.78 is 26.5. The molecular weight excluding hydrogens is 392 g/mol. The normalized spacial score (nSPS) is 10.9. The van der Waals surface area contributed by atoms with Crippen LogP contribution in [0.3, 0.4) is 0 Å². The molecule has 144 valence electrons. The molecule has 0 aliphatic rings. The van der Waals surface area contributed by atoms with Gasteiger partial charge in [-0.05, 0) is 13.8 Å². The Bertz CT molecular complexity index is 911. The van der Waals surface area contributed by atoms with Crippen molar-refractivity contribution in [3.63, 3.8) is 0 Å². The summed E-state index contributed by atoms with van der Waals surface area (Å²) in [6, 6.07) is 1.93. The number of aromatic nitrogens is 2. The van der Waals surface area contributed by atoms with Crippen LogP contribution in [0.25, 0.3) is 0 Å². The molecule has 1 N–H and O–H groups in total. The molecule has 1 heterocycles.